The summed E-state index contributed by atoms with van der Waals surface area (Å²) in [4.78, 5) is 5.33. The summed E-state index contributed by atoms with van der Waals surface area (Å²) in [6.07, 6.45) is 3.34. The molecule has 110 valence electrons. The van der Waals surface area contributed by atoms with E-state index in [9.17, 15) is 5.11 Å². The predicted molar refractivity (Wildman–Crippen MR) is 76.3 cm³/mol. The molecule has 0 unspecified atom stereocenters. The van der Waals surface area contributed by atoms with Crippen molar-refractivity contribution < 1.29 is 14.6 Å². The molecule has 0 bridgehead atoms. The summed E-state index contributed by atoms with van der Waals surface area (Å²) in [6.45, 7) is 2.42. The van der Waals surface area contributed by atoms with E-state index >= 15 is 0 Å². The van der Waals surface area contributed by atoms with Crippen molar-refractivity contribution in [2.24, 2.45) is 0 Å². The molecule has 1 fully saturated rings. The number of rotatable bonds is 5. The Hall–Kier alpha value is -1.15. The van der Waals surface area contributed by atoms with Crippen LogP contribution in [0.3, 0.4) is 0 Å². The van der Waals surface area contributed by atoms with Crippen LogP contribution in [0.2, 0.25) is 0 Å². The number of aliphatic hydroxyl groups is 1. The molecule has 2 N–H and O–H groups in total. The number of nitrogens with zero attached hydrogens (tertiary/aromatic N) is 2. The number of thiazole rings is 1. The van der Waals surface area contributed by atoms with E-state index in [2.05, 4.69) is 10.3 Å². The zero-order valence-corrected chi connectivity index (χ0v) is 12.3. The Balaban J connectivity index is 1.65. The van der Waals surface area contributed by atoms with Crippen molar-refractivity contribution in [2.45, 2.75) is 25.0 Å². The highest BCUT2D eigenvalue weighted by molar-refractivity contribution is 7.15. The molecule has 0 aliphatic carbocycles. The molecule has 3 heterocycles. The fraction of sp³-hybridized carbons (Fsp3) is 0.615. The van der Waals surface area contributed by atoms with E-state index in [1.165, 1.54) is 0 Å². The van der Waals surface area contributed by atoms with Gasteiger partial charge in [-0.15, -0.1) is 11.3 Å². The van der Waals surface area contributed by atoms with E-state index < -0.39 is 5.60 Å². The van der Waals surface area contributed by atoms with Crippen molar-refractivity contribution in [3.8, 4) is 5.88 Å². The molecule has 2 aromatic heterocycles. The molecule has 0 aromatic carbocycles. The van der Waals surface area contributed by atoms with Crippen LogP contribution in [0.25, 0.3) is 4.96 Å². The first-order valence-corrected chi connectivity index (χ1v) is 7.59. The van der Waals surface area contributed by atoms with Crippen molar-refractivity contribution >= 4 is 16.3 Å². The van der Waals surface area contributed by atoms with Crippen LogP contribution in [0.5, 0.6) is 5.88 Å². The molecule has 0 amide bonds. The monoisotopic (exact) mass is 297 g/mol. The minimum absolute atomic E-state index is 0.552. The number of ether oxygens (including phenoxy) is 2. The molecule has 0 saturated carbocycles. The van der Waals surface area contributed by atoms with Gasteiger partial charge in [-0.1, -0.05) is 0 Å². The third-order valence-corrected chi connectivity index (χ3v) is 4.44. The van der Waals surface area contributed by atoms with Gasteiger partial charge >= 0.3 is 0 Å². The van der Waals surface area contributed by atoms with Gasteiger partial charge in [0.2, 0.25) is 5.88 Å². The van der Waals surface area contributed by atoms with Gasteiger partial charge in [-0.3, -0.25) is 4.40 Å². The molecule has 1 aliphatic heterocycles. The predicted octanol–water partition coefficient (Wildman–Crippen LogP) is 1.04. The Morgan fingerprint density at radius 2 is 2.35 bits per heavy atom. The normalized spacial score (nSPS) is 18.5. The van der Waals surface area contributed by atoms with Gasteiger partial charge in [-0.2, -0.15) is 4.98 Å². The number of fused-ring (bicyclic) bond motifs is 1. The minimum atomic E-state index is -0.663. The van der Waals surface area contributed by atoms with Crippen LogP contribution in [0.1, 0.15) is 18.5 Å². The SMILES string of the molecule is COc1nc2sccn2c1CNCC1(O)CCOCC1. The fourth-order valence-corrected chi connectivity index (χ4v) is 3.20. The quantitative estimate of drug-likeness (QED) is 0.863. The van der Waals surface area contributed by atoms with E-state index in [0.29, 0.717) is 45.0 Å². The number of hydrogen-bond acceptors (Lipinski definition) is 6. The average Bonchev–Trinajstić information content (AvgIpc) is 3.01. The maximum absolute atomic E-state index is 10.4. The highest BCUT2D eigenvalue weighted by atomic mass is 32.1. The summed E-state index contributed by atoms with van der Waals surface area (Å²) in [5.41, 5.74) is 0.323. The molecule has 2 aromatic rings. The van der Waals surface area contributed by atoms with Gasteiger partial charge in [0.25, 0.3) is 0 Å². The molecule has 0 spiro atoms. The van der Waals surface area contributed by atoms with Crippen molar-refractivity contribution in [1.29, 1.82) is 0 Å². The molecule has 1 saturated heterocycles. The highest BCUT2D eigenvalue weighted by Gasteiger charge is 2.29. The van der Waals surface area contributed by atoms with Crippen molar-refractivity contribution in [3.05, 3.63) is 17.3 Å². The first-order chi connectivity index (χ1) is 9.72. The third kappa shape index (κ3) is 2.67. The maximum Gasteiger partial charge on any atom is 0.237 e. The van der Waals surface area contributed by atoms with Crippen LogP contribution in [0.15, 0.2) is 11.6 Å². The molecule has 3 rings (SSSR count). The van der Waals surface area contributed by atoms with Crippen LogP contribution in [0, 0.1) is 0 Å². The molecular formula is C13H19N3O3S. The summed E-state index contributed by atoms with van der Waals surface area (Å²) in [6, 6.07) is 0. The lowest BCUT2D eigenvalue weighted by molar-refractivity contribution is -0.0617. The Kier molecular flexibility index (Phi) is 3.93. The highest BCUT2D eigenvalue weighted by Crippen LogP contribution is 2.24. The Labute approximate surface area is 121 Å². The number of nitrogens with one attached hydrogen (secondary N) is 1. The summed E-state index contributed by atoms with van der Waals surface area (Å²) in [5, 5.41) is 15.7. The smallest absolute Gasteiger partial charge is 0.237 e. The topological polar surface area (TPSA) is 68.0 Å². The largest absolute Gasteiger partial charge is 0.480 e. The number of imidazole rings is 1. The van der Waals surface area contributed by atoms with Crippen LogP contribution in [0.4, 0.5) is 0 Å². The summed E-state index contributed by atoms with van der Waals surface area (Å²) < 4.78 is 12.6. The Morgan fingerprint density at radius 3 is 3.10 bits per heavy atom. The Morgan fingerprint density at radius 1 is 1.55 bits per heavy atom. The summed E-state index contributed by atoms with van der Waals surface area (Å²) in [7, 11) is 1.63. The van der Waals surface area contributed by atoms with Gasteiger partial charge in [0, 0.05) is 50.7 Å². The average molecular weight is 297 g/mol. The lowest BCUT2D eigenvalue weighted by Crippen LogP contribution is -2.44. The lowest BCUT2D eigenvalue weighted by Gasteiger charge is -2.32. The van der Waals surface area contributed by atoms with Gasteiger partial charge in [0.05, 0.1) is 12.7 Å². The number of methoxy groups -OCH3 is 1. The molecule has 0 atom stereocenters. The number of aromatic nitrogens is 2. The lowest BCUT2D eigenvalue weighted by atomic mass is 9.94. The standard InChI is InChI=1S/C13H19N3O3S/c1-18-11-10(16-4-7-20-12(16)15-11)8-14-9-13(17)2-5-19-6-3-13/h4,7,14,17H,2-3,5-6,8-9H2,1H3. The van der Waals surface area contributed by atoms with Crippen LogP contribution < -0.4 is 10.1 Å². The minimum Gasteiger partial charge on any atom is -0.480 e. The van der Waals surface area contributed by atoms with Crippen LogP contribution in [-0.2, 0) is 11.3 Å². The van der Waals surface area contributed by atoms with E-state index in [-0.39, 0.29) is 0 Å². The number of hydrogen-bond donors (Lipinski definition) is 2. The van der Waals surface area contributed by atoms with Crippen molar-refractivity contribution in [1.82, 2.24) is 14.7 Å². The third-order valence-electron chi connectivity index (χ3n) is 3.69. The van der Waals surface area contributed by atoms with E-state index in [1.54, 1.807) is 18.4 Å². The van der Waals surface area contributed by atoms with Gasteiger partial charge in [0.15, 0.2) is 4.96 Å². The Bertz CT molecular complexity index is 574. The molecule has 0 radical (unpaired) electrons. The van der Waals surface area contributed by atoms with Gasteiger partial charge in [-0.25, -0.2) is 0 Å². The van der Waals surface area contributed by atoms with Gasteiger partial charge in [0.1, 0.15) is 5.69 Å². The second-order valence-electron chi connectivity index (χ2n) is 5.06. The van der Waals surface area contributed by atoms with E-state index in [0.717, 1.165) is 10.7 Å². The summed E-state index contributed by atoms with van der Waals surface area (Å²) >= 11 is 1.58. The van der Waals surface area contributed by atoms with E-state index in [4.69, 9.17) is 9.47 Å². The van der Waals surface area contributed by atoms with Crippen molar-refractivity contribution in [3.63, 3.8) is 0 Å². The molecule has 7 heteroatoms. The van der Waals surface area contributed by atoms with Crippen molar-refractivity contribution in [2.75, 3.05) is 26.9 Å². The van der Waals surface area contributed by atoms with Gasteiger partial charge in [-0.05, 0) is 0 Å². The zero-order chi connectivity index (χ0) is 14.0. The van der Waals surface area contributed by atoms with E-state index in [1.807, 2.05) is 16.0 Å². The van der Waals surface area contributed by atoms with Crippen LogP contribution >= 0.6 is 11.3 Å². The molecular weight excluding hydrogens is 278 g/mol. The second kappa shape index (κ2) is 5.69. The van der Waals surface area contributed by atoms with Gasteiger partial charge < -0.3 is 19.9 Å². The first kappa shape index (κ1) is 13.8. The summed E-state index contributed by atoms with van der Waals surface area (Å²) in [5.74, 6) is 0.642. The zero-order valence-electron chi connectivity index (χ0n) is 11.5. The first-order valence-electron chi connectivity index (χ1n) is 6.71. The van der Waals surface area contributed by atoms with Crippen LogP contribution in [-0.4, -0.2) is 47.0 Å². The molecule has 6 nitrogen and oxygen atoms in total. The maximum atomic E-state index is 10.4. The second-order valence-corrected chi connectivity index (χ2v) is 5.94. The molecule has 20 heavy (non-hydrogen) atoms. The fourth-order valence-electron chi connectivity index (χ4n) is 2.48. The molecule has 1 aliphatic rings.